The van der Waals surface area contributed by atoms with Gasteiger partial charge in [-0.2, -0.15) is 0 Å². The molecule has 0 aromatic carbocycles. The molecule has 6 heteroatoms. The van der Waals surface area contributed by atoms with E-state index in [1.165, 1.54) is 11.8 Å². The molecule has 0 aliphatic heterocycles. The maximum Gasteiger partial charge on any atom is 0.323 e. The van der Waals surface area contributed by atoms with Crippen LogP contribution >= 0.6 is 11.8 Å². The Bertz CT molecular complexity index is 459. The van der Waals surface area contributed by atoms with Crippen molar-refractivity contribution in [1.29, 1.82) is 0 Å². The number of nitrogens with zero attached hydrogens (tertiary/aromatic N) is 2. The van der Waals surface area contributed by atoms with Crippen LogP contribution < -0.4 is 5.32 Å². The number of aliphatic carboxylic acids is 1. The van der Waals surface area contributed by atoms with Crippen LogP contribution in [-0.2, 0) is 4.79 Å². The molecular weight excluding hydrogens is 274 g/mol. The Morgan fingerprint density at radius 3 is 2.40 bits per heavy atom. The fraction of sp³-hybridized carbons (Fsp3) is 0.643. The summed E-state index contributed by atoms with van der Waals surface area (Å²) in [6.45, 7) is 9.47. The Kier molecular flexibility index (Phi) is 5.95. The lowest BCUT2D eigenvalue weighted by Crippen LogP contribution is -2.52. The van der Waals surface area contributed by atoms with E-state index in [9.17, 15) is 9.90 Å². The average molecular weight is 297 g/mol. The smallest absolute Gasteiger partial charge is 0.323 e. The van der Waals surface area contributed by atoms with Crippen molar-refractivity contribution in [3.63, 3.8) is 0 Å². The highest BCUT2D eigenvalue weighted by molar-refractivity contribution is 7.99. The van der Waals surface area contributed by atoms with Crippen LogP contribution in [0, 0.1) is 13.8 Å². The summed E-state index contributed by atoms with van der Waals surface area (Å²) in [5.74, 6) is -0.168. The SMILES string of the molecule is Cc1cc(C)nc(SCCC(C)(NC(C)C)C(=O)O)n1. The van der Waals surface area contributed by atoms with Gasteiger partial charge in [0, 0.05) is 23.2 Å². The van der Waals surface area contributed by atoms with Gasteiger partial charge in [0.05, 0.1) is 0 Å². The lowest BCUT2D eigenvalue weighted by molar-refractivity contribution is -0.144. The summed E-state index contributed by atoms with van der Waals surface area (Å²) in [6.07, 6.45) is 0.515. The quantitative estimate of drug-likeness (QED) is 0.594. The normalized spacial score (nSPS) is 14.3. The molecule has 0 spiro atoms. The molecule has 1 rings (SSSR count). The van der Waals surface area contributed by atoms with Crippen LogP contribution in [-0.4, -0.2) is 38.4 Å². The van der Waals surface area contributed by atoms with Crippen LogP contribution in [0.4, 0.5) is 0 Å². The molecule has 5 nitrogen and oxygen atoms in total. The highest BCUT2D eigenvalue weighted by Gasteiger charge is 2.32. The zero-order chi connectivity index (χ0) is 15.3. The van der Waals surface area contributed by atoms with Crippen LogP contribution in [0.2, 0.25) is 0 Å². The third kappa shape index (κ3) is 5.09. The Morgan fingerprint density at radius 1 is 1.40 bits per heavy atom. The molecule has 1 atom stereocenters. The molecular formula is C14H23N3O2S. The van der Waals surface area contributed by atoms with Gasteiger partial charge in [-0.1, -0.05) is 11.8 Å². The summed E-state index contributed by atoms with van der Waals surface area (Å²) < 4.78 is 0. The van der Waals surface area contributed by atoms with Gasteiger partial charge in [0.2, 0.25) is 0 Å². The van der Waals surface area contributed by atoms with E-state index < -0.39 is 11.5 Å². The molecule has 1 unspecified atom stereocenters. The number of carboxylic acid groups (broad SMARTS) is 1. The maximum atomic E-state index is 11.4. The Hall–Kier alpha value is -1.14. The molecule has 0 amide bonds. The van der Waals surface area contributed by atoms with Crippen molar-refractivity contribution in [3.05, 3.63) is 17.5 Å². The molecule has 0 bridgehead atoms. The Balaban J connectivity index is 2.62. The Labute approximate surface area is 124 Å². The maximum absolute atomic E-state index is 11.4. The molecule has 0 saturated carbocycles. The summed E-state index contributed by atoms with van der Waals surface area (Å²) in [6, 6.07) is 2.05. The van der Waals surface area contributed by atoms with Crippen molar-refractivity contribution >= 4 is 17.7 Å². The fourth-order valence-corrected chi connectivity index (χ4v) is 3.09. The predicted octanol–water partition coefficient (Wildman–Crippen LogP) is 2.42. The highest BCUT2D eigenvalue weighted by atomic mass is 32.2. The first kappa shape index (κ1) is 16.9. The van der Waals surface area contributed by atoms with Gasteiger partial charge in [-0.3, -0.25) is 10.1 Å². The van der Waals surface area contributed by atoms with Gasteiger partial charge < -0.3 is 5.11 Å². The van der Waals surface area contributed by atoms with Crippen LogP contribution in [0.15, 0.2) is 11.2 Å². The van der Waals surface area contributed by atoms with Crippen molar-refractivity contribution in [2.75, 3.05) is 5.75 Å². The van der Waals surface area contributed by atoms with Crippen molar-refractivity contribution in [1.82, 2.24) is 15.3 Å². The number of nitrogens with one attached hydrogen (secondary N) is 1. The van der Waals surface area contributed by atoms with Crippen LogP contribution in [0.5, 0.6) is 0 Å². The van der Waals surface area contributed by atoms with Gasteiger partial charge in [-0.05, 0) is 47.1 Å². The first-order chi connectivity index (χ1) is 9.23. The second kappa shape index (κ2) is 7.04. The molecule has 0 saturated heterocycles. The van der Waals surface area contributed by atoms with Gasteiger partial charge >= 0.3 is 5.97 Å². The van der Waals surface area contributed by atoms with E-state index in [1.54, 1.807) is 6.92 Å². The molecule has 0 radical (unpaired) electrons. The van der Waals surface area contributed by atoms with E-state index in [0.717, 1.165) is 11.4 Å². The van der Waals surface area contributed by atoms with E-state index in [4.69, 9.17) is 0 Å². The molecule has 0 aliphatic carbocycles. The number of aryl methyl sites for hydroxylation is 2. The van der Waals surface area contributed by atoms with Crippen molar-refractivity contribution in [2.45, 2.75) is 57.8 Å². The van der Waals surface area contributed by atoms with Crippen LogP contribution in [0.3, 0.4) is 0 Å². The monoisotopic (exact) mass is 297 g/mol. The molecule has 112 valence electrons. The fourth-order valence-electron chi connectivity index (χ4n) is 1.98. The molecule has 1 heterocycles. The van der Waals surface area contributed by atoms with Gasteiger partial charge in [0.25, 0.3) is 0 Å². The van der Waals surface area contributed by atoms with Crippen molar-refractivity contribution in [2.24, 2.45) is 0 Å². The second-order valence-electron chi connectivity index (χ2n) is 5.47. The van der Waals surface area contributed by atoms with E-state index >= 15 is 0 Å². The summed E-state index contributed by atoms with van der Waals surface area (Å²) in [4.78, 5) is 20.1. The van der Waals surface area contributed by atoms with Gasteiger partial charge in [-0.15, -0.1) is 0 Å². The van der Waals surface area contributed by atoms with Crippen molar-refractivity contribution in [3.8, 4) is 0 Å². The first-order valence-corrected chi connectivity index (χ1v) is 7.67. The molecule has 2 N–H and O–H groups in total. The van der Waals surface area contributed by atoms with Gasteiger partial charge in [0.15, 0.2) is 5.16 Å². The molecule has 0 aliphatic rings. The minimum absolute atomic E-state index is 0.124. The minimum Gasteiger partial charge on any atom is -0.480 e. The molecule has 20 heavy (non-hydrogen) atoms. The summed E-state index contributed by atoms with van der Waals surface area (Å²) in [7, 11) is 0. The lowest BCUT2D eigenvalue weighted by atomic mass is 9.98. The number of hydrogen-bond acceptors (Lipinski definition) is 5. The summed E-state index contributed by atoms with van der Waals surface area (Å²) in [5, 5.41) is 13.2. The number of aromatic nitrogens is 2. The van der Waals surface area contributed by atoms with E-state index in [1.807, 2.05) is 33.8 Å². The number of rotatable bonds is 7. The number of carboxylic acids is 1. The Morgan fingerprint density at radius 2 is 1.95 bits per heavy atom. The van der Waals surface area contributed by atoms with E-state index in [-0.39, 0.29) is 6.04 Å². The van der Waals surface area contributed by atoms with Gasteiger partial charge in [-0.25, -0.2) is 9.97 Å². The second-order valence-corrected chi connectivity index (χ2v) is 6.53. The number of hydrogen-bond donors (Lipinski definition) is 2. The highest BCUT2D eigenvalue weighted by Crippen LogP contribution is 2.20. The summed E-state index contributed by atoms with van der Waals surface area (Å²) in [5.41, 5.74) is 0.947. The van der Waals surface area contributed by atoms with E-state index in [0.29, 0.717) is 17.3 Å². The van der Waals surface area contributed by atoms with Crippen molar-refractivity contribution < 1.29 is 9.90 Å². The average Bonchev–Trinajstić information content (AvgIpc) is 2.26. The molecule has 1 aromatic rings. The molecule has 0 fully saturated rings. The third-order valence-electron chi connectivity index (χ3n) is 2.87. The zero-order valence-electron chi connectivity index (χ0n) is 12.7. The minimum atomic E-state index is -0.917. The van der Waals surface area contributed by atoms with Crippen LogP contribution in [0.25, 0.3) is 0 Å². The van der Waals surface area contributed by atoms with Crippen LogP contribution in [0.1, 0.15) is 38.6 Å². The summed E-state index contributed by atoms with van der Waals surface area (Å²) >= 11 is 1.49. The third-order valence-corrected chi connectivity index (χ3v) is 3.72. The predicted molar refractivity (Wildman–Crippen MR) is 81.2 cm³/mol. The zero-order valence-corrected chi connectivity index (χ0v) is 13.5. The lowest BCUT2D eigenvalue weighted by Gasteiger charge is -2.28. The molecule has 1 aromatic heterocycles. The standard InChI is InChI=1S/C14H23N3O2S/c1-9(2)17-14(5,12(18)19)6-7-20-13-15-10(3)8-11(4)16-13/h8-9,17H,6-7H2,1-5H3,(H,18,19). The largest absolute Gasteiger partial charge is 0.480 e. The first-order valence-electron chi connectivity index (χ1n) is 6.69. The van der Waals surface area contributed by atoms with Gasteiger partial charge in [0.1, 0.15) is 5.54 Å². The van der Waals surface area contributed by atoms with E-state index in [2.05, 4.69) is 15.3 Å². The number of thioether (sulfide) groups is 1. The topological polar surface area (TPSA) is 75.1 Å². The number of carbonyl (C=O) groups is 1.